The largest absolute Gasteiger partial charge is 0.101 e. The van der Waals surface area contributed by atoms with E-state index in [2.05, 4.69) is 54.9 Å². The Kier molecular flexibility index (Phi) is 9.80. The molecule has 31 heavy (non-hydrogen) atoms. The Morgan fingerprint density at radius 2 is 1.16 bits per heavy atom. The first kappa shape index (κ1) is 23.2. The fraction of sp³-hybridized carbons (Fsp3) is 0.484. The fourth-order valence-electron chi connectivity index (χ4n) is 4.76. The maximum atomic E-state index is 3.30. The van der Waals surface area contributed by atoms with Crippen LogP contribution in [0.25, 0.3) is 0 Å². The van der Waals surface area contributed by atoms with Crippen molar-refractivity contribution in [3.8, 4) is 23.7 Å². The van der Waals surface area contributed by atoms with Gasteiger partial charge < -0.3 is 0 Å². The second-order valence-electron chi connectivity index (χ2n) is 9.10. The van der Waals surface area contributed by atoms with E-state index in [9.17, 15) is 0 Å². The van der Waals surface area contributed by atoms with Gasteiger partial charge in [0.25, 0.3) is 0 Å². The highest BCUT2D eigenvalue weighted by Crippen LogP contribution is 2.37. The summed E-state index contributed by atoms with van der Waals surface area (Å²) in [5, 5.41) is 0. The fourth-order valence-corrected chi connectivity index (χ4v) is 4.76. The molecule has 1 fully saturated rings. The molecule has 2 aromatic rings. The van der Waals surface area contributed by atoms with Crippen molar-refractivity contribution in [2.45, 2.75) is 90.4 Å². The first-order valence-electron chi connectivity index (χ1n) is 12.4. The van der Waals surface area contributed by atoms with Crippen molar-refractivity contribution in [2.24, 2.45) is 5.92 Å². The summed E-state index contributed by atoms with van der Waals surface area (Å²) in [5.74, 6) is 14.3. The summed E-state index contributed by atoms with van der Waals surface area (Å²) in [6.45, 7) is 4.16. The van der Waals surface area contributed by atoms with Crippen molar-refractivity contribution in [3.63, 3.8) is 0 Å². The van der Waals surface area contributed by atoms with Gasteiger partial charge in [0, 0.05) is 16.7 Å². The highest BCUT2D eigenvalue weighted by molar-refractivity contribution is 5.46. The van der Waals surface area contributed by atoms with E-state index in [1.54, 1.807) is 0 Å². The maximum Gasteiger partial charge on any atom is 0.0249 e. The molecule has 0 nitrogen and oxygen atoms in total. The van der Waals surface area contributed by atoms with E-state index in [1.807, 2.05) is 31.2 Å². The predicted molar refractivity (Wildman–Crippen MR) is 134 cm³/mol. The third-order valence-electron chi connectivity index (χ3n) is 6.70. The smallest absolute Gasteiger partial charge is 0.0249 e. The molecule has 0 spiro atoms. The van der Waals surface area contributed by atoms with E-state index in [1.165, 1.54) is 76.2 Å². The zero-order valence-corrected chi connectivity index (χ0v) is 19.6. The molecule has 0 heterocycles. The lowest BCUT2D eigenvalue weighted by molar-refractivity contribution is 0.302. The van der Waals surface area contributed by atoms with Crippen molar-refractivity contribution in [3.05, 3.63) is 70.8 Å². The van der Waals surface area contributed by atoms with Crippen LogP contribution in [-0.2, 0) is 0 Å². The summed E-state index contributed by atoms with van der Waals surface area (Å²) in [5.41, 5.74) is 4.68. The van der Waals surface area contributed by atoms with Gasteiger partial charge in [-0.15, -0.1) is 5.92 Å². The van der Waals surface area contributed by atoms with E-state index in [0.29, 0.717) is 0 Å². The average Bonchev–Trinajstić information content (AvgIpc) is 2.82. The molecule has 0 bridgehead atoms. The molecule has 1 aliphatic rings. The molecule has 0 aromatic heterocycles. The van der Waals surface area contributed by atoms with E-state index in [-0.39, 0.29) is 0 Å². The van der Waals surface area contributed by atoms with Gasteiger partial charge in [-0.3, -0.25) is 0 Å². The van der Waals surface area contributed by atoms with Crippen molar-refractivity contribution < 1.29 is 0 Å². The maximum absolute atomic E-state index is 3.30. The molecule has 2 aromatic carbocycles. The number of unbranched alkanes of at least 4 members (excludes halogenated alkanes) is 5. The van der Waals surface area contributed by atoms with E-state index >= 15 is 0 Å². The Morgan fingerprint density at radius 1 is 0.645 bits per heavy atom. The second kappa shape index (κ2) is 13.1. The van der Waals surface area contributed by atoms with Crippen LogP contribution in [0.4, 0.5) is 0 Å². The molecular weight excluding hydrogens is 372 g/mol. The Labute approximate surface area is 190 Å². The van der Waals surface area contributed by atoms with E-state index in [0.717, 1.165) is 28.5 Å². The quantitative estimate of drug-likeness (QED) is 0.302. The molecular formula is C31H38. The van der Waals surface area contributed by atoms with Crippen LogP contribution >= 0.6 is 0 Å². The Balaban J connectivity index is 1.43. The highest BCUT2D eigenvalue weighted by Gasteiger charge is 2.21. The van der Waals surface area contributed by atoms with Crippen LogP contribution in [0.5, 0.6) is 0 Å². The minimum Gasteiger partial charge on any atom is -0.101 e. The number of hydrogen-bond acceptors (Lipinski definition) is 0. The summed E-state index contributed by atoms with van der Waals surface area (Å²) in [6, 6.07) is 17.2. The average molecular weight is 411 g/mol. The third kappa shape index (κ3) is 7.96. The Bertz CT molecular complexity index is 885. The first-order valence-corrected chi connectivity index (χ1v) is 12.4. The van der Waals surface area contributed by atoms with Gasteiger partial charge in [-0.05, 0) is 86.4 Å². The van der Waals surface area contributed by atoms with Crippen LogP contribution in [0.1, 0.15) is 113 Å². The second-order valence-corrected chi connectivity index (χ2v) is 9.10. The lowest BCUT2D eigenvalue weighted by atomic mass is 9.77. The summed E-state index contributed by atoms with van der Waals surface area (Å²) in [4.78, 5) is 0. The molecule has 0 saturated heterocycles. The standard InChI is InChI=1S/C31H38/c1-3-5-6-7-8-9-11-27-18-22-30(23-19-27)31-24-20-29(21-25-31)17-16-28-14-12-26(10-4-2)13-15-28/h12-15,20-21,24-25,27,30H,3,5-9,11,18-19,22-23H2,1-2H3. The van der Waals surface area contributed by atoms with Crippen LogP contribution in [0.15, 0.2) is 48.5 Å². The van der Waals surface area contributed by atoms with Gasteiger partial charge in [-0.2, -0.15) is 0 Å². The molecule has 0 aliphatic heterocycles. The molecule has 1 aliphatic carbocycles. The normalized spacial score (nSPS) is 17.9. The predicted octanol–water partition coefficient (Wildman–Crippen LogP) is 8.48. The molecule has 1 saturated carbocycles. The molecule has 162 valence electrons. The minimum absolute atomic E-state index is 0.745. The molecule has 0 heteroatoms. The topological polar surface area (TPSA) is 0 Å². The van der Waals surface area contributed by atoms with Gasteiger partial charge in [0.2, 0.25) is 0 Å². The van der Waals surface area contributed by atoms with E-state index < -0.39 is 0 Å². The lowest BCUT2D eigenvalue weighted by Gasteiger charge is -2.29. The van der Waals surface area contributed by atoms with Crippen LogP contribution < -0.4 is 0 Å². The van der Waals surface area contributed by atoms with Crippen LogP contribution in [0.3, 0.4) is 0 Å². The van der Waals surface area contributed by atoms with Crippen LogP contribution in [0.2, 0.25) is 0 Å². The van der Waals surface area contributed by atoms with Crippen molar-refractivity contribution in [1.29, 1.82) is 0 Å². The number of hydrogen-bond donors (Lipinski definition) is 0. The minimum atomic E-state index is 0.745. The molecule has 0 N–H and O–H groups in total. The summed E-state index contributed by atoms with van der Waals surface area (Å²) >= 11 is 0. The summed E-state index contributed by atoms with van der Waals surface area (Å²) < 4.78 is 0. The highest BCUT2D eigenvalue weighted by atomic mass is 14.3. The zero-order valence-electron chi connectivity index (χ0n) is 19.6. The van der Waals surface area contributed by atoms with Gasteiger partial charge in [0.1, 0.15) is 0 Å². The first-order chi connectivity index (χ1) is 15.3. The van der Waals surface area contributed by atoms with Gasteiger partial charge in [0.05, 0.1) is 0 Å². The molecule has 0 unspecified atom stereocenters. The number of rotatable bonds is 8. The van der Waals surface area contributed by atoms with E-state index in [4.69, 9.17) is 0 Å². The Hall–Kier alpha value is -2.44. The summed E-state index contributed by atoms with van der Waals surface area (Å²) in [6.07, 6.45) is 15.5. The third-order valence-corrected chi connectivity index (χ3v) is 6.70. The Morgan fingerprint density at radius 3 is 1.74 bits per heavy atom. The molecule has 3 rings (SSSR count). The summed E-state index contributed by atoms with van der Waals surface area (Å²) in [7, 11) is 0. The van der Waals surface area contributed by atoms with Crippen molar-refractivity contribution >= 4 is 0 Å². The molecule has 0 atom stereocenters. The SMILES string of the molecule is CC#Cc1ccc(C#Cc2ccc(C3CCC(CCCCCCCC)CC3)cc2)cc1. The molecule has 0 radical (unpaired) electrons. The van der Waals surface area contributed by atoms with Gasteiger partial charge >= 0.3 is 0 Å². The van der Waals surface area contributed by atoms with Crippen LogP contribution in [-0.4, -0.2) is 0 Å². The molecule has 0 amide bonds. The lowest BCUT2D eigenvalue weighted by Crippen LogP contribution is -2.13. The zero-order chi connectivity index (χ0) is 21.7. The van der Waals surface area contributed by atoms with Gasteiger partial charge in [-0.25, -0.2) is 0 Å². The number of benzene rings is 2. The monoisotopic (exact) mass is 410 g/mol. The van der Waals surface area contributed by atoms with Crippen LogP contribution in [0, 0.1) is 29.6 Å². The van der Waals surface area contributed by atoms with Gasteiger partial charge in [0.15, 0.2) is 0 Å². The van der Waals surface area contributed by atoms with Gasteiger partial charge in [-0.1, -0.05) is 81.8 Å². The van der Waals surface area contributed by atoms with Crippen molar-refractivity contribution in [2.75, 3.05) is 0 Å². The van der Waals surface area contributed by atoms with Crippen molar-refractivity contribution in [1.82, 2.24) is 0 Å².